The normalized spacial score (nSPS) is 18.8. The number of aryl methyl sites for hydroxylation is 1. The van der Waals surface area contributed by atoms with Crippen molar-refractivity contribution >= 4 is 32.8 Å². The molecule has 0 radical (unpaired) electrons. The lowest BCUT2D eigenvalue weighted by Crippen LogP contribution is -2.35. The van der Waals surface area contributed by atoms with E-state index in [4.69, 9.17) is 9.40 Å². The highest BCUT2D eigenvalue weighted by Crippen LogP contribution is 2.34. The molecule has 33 heavy (non-hydrogen) atoms. The molecule has 5 rings (SSSR count). The van der Waals surface area contributed by atoms with Gasteiger partial charge in [0.2, 0.25) is 15.9 Å². The van der Waals surface area contributed by atoms with E-state index in [0.717, 1.165) is 55.9 Å². The van der Waals surface area contributed by atoms with Crippen LogP contribution in [0.3, 0.4) is 0 Å². The van der Waals surface area contributed by atoms with E-state index in [1.807, 2.05) is 6.07 Å². The molecule has 2 fully saturated rings. The number of fused-ring (bicyclic) bond motifs is 1. The number of nitrogens with zero attached hydrogens (tertiary/aromatic N) is 5. The molecule has 0 bridgehead atoms. The summed E-state index contributed by atoms with van der Waals surface area (Å²) in [5.74, 6) is 2.61. The predicted molar refractivity (Wildman–Crippen MR) is 128 cm³/mol. The van der Waals surface area contributed by atoms with Crippen molar-refractivity contribution in [2.45, 2.75) is 86.6 Å². The second-order valence-electron chi connectivity index (χ2n) is 8.92. The number of sulfonamides is 1. The summed E-state index contributed by atoms with van der Waals surface area (Å²) in [6.45, 7) is 4.01. The molecule has 1 saturated heterocycles. The molecular formula is C23H31N5O3S2. The molecule has 2 aliphatic rings. The lowest BCUT2D eigenvalue weighted by atomic mass is 9.89. The van der Waals surface area contributed by atoms with E-state index in [-0.39, 0.29) is 0 Å². The van der Waals surface area contributed by atoms with Crippen molar-refractivity contribution in [3.05, 3.63) is 29.9 Å². The molecule has 1 saturated carbocycles. The molecular weight excluding hydrogens is 458 g/mol. The van der Waals surface area contributed by atoms with Crippen LogP contribution in [-0.2, 0) is 22.3 Å². The predicted octanol–water partition coefficient (Wildman–Crippen LogP) is 4.95. The van der Waals surface area contributed by atoms with Crippen LogP contribution in [-0.4, -0.2) is 45.6 Å². The fourth-order valence-corrected chi connectivity index (χ4v) is 7.21. The molecule has 8 nitrogen and oxygen atoms in total. The van der Waals surface area contributed by atoms with Crippen molar-refractivity contribution in [1.29, 1.82) is 0 Å². The van der Waals surface area contributed by atoms with E-state index in [0.29, 0.717) is 40.4 Å². The van der Waals surface area contributed by atoms with Gasteiger partial charge in [-0.15, -0.1) is 10.2 Å². The second-order valence-corrected chi connectivity index (χ2v) is 11.8. The summed E-state index contributed by atoms with van der Waals surface area (Å²) in [6, 6.07) is 5.31. The third-order valence-corrected chi connectivity index (χ3v) is 9.48. The molecule has 3 heterocycles. The van der Waals surface area contributed by atoms with Crippen molar-refractivity contribution in [3.63, 3.8) is 0 Å². The Balaban J connectivity index is 1.35. The van der Waals surface area contributed by atoms with Gasteiger partial charge in [-0.3, -0.25) is 0 Å². The van der Waals surface area contributed by atoms with Gasteiger partial charge in [-0.1, -0.05) is 37.4 Å². The van der Waals surface area contributed by atoms with Crippen molar-refractivity contribution in [2.75, 3.05) is 13.1 Å². The van der Waals surface area contributed by atoms with Gasteiger partial charge in [-0.05, 0) is 50.8 Å². The molecule has 1 aromatic carbocycles. The summed E-state index contributed by atoms with van der Waals surface area (Å²) in [6.07, 6.45) is 8.94. The van der Waals surface area contributed by atoms with Crippen LogP contribution in [0, 0.1) is 0 Å². The number of thioether (sulfide) groups is 1. The summed E-state index contributed by atoms with van der Waals surface area (Å²) in [5.41, 5.74) is 1.65. The number of piperidine rings is 1. The largest absolute Gasteiger partial charge is 0.416 e. The van der Waals surface area contributed by atoms with E-state index in [2.05, 4.69) is 21.7 Å². The maximum Gasteiger partial charge on any atom is 0.277 e. The van der Waals surface area contributed by atoms with Crippen LogP contribution in [0.4, 0.5) is 0 Å². The van der Waals surface area contributed by atoms with Crippen LogP contribution in [0.25, 0.3) is 11.0 Å². The van der Waals surface area contributed by atoms with E-state index in [1.165, 1.54) is 31.0 Å². The third kappa shape index (κ3) is 4.70. The minimum atomic E-state index is -3.48. The van der Waals surface area contributed by atoms with E-state index in [9.17, 15) is 8.42 Å². The summed E-state index contributed by atoms with van der Waals surface area (Å²) in [7, 11) is -3.48. The Labute approximate surface area is 199 Å². The topological polar surface area (TPSA) is 94.1 Å². The first-order valence-electron chi connectivity index (χ1n) is 12.0. The average Bonchev–Trinajstić information content (AvgIpc) is 3.47. The van der Waals surface area contributed by atoms with E-state index >= 15 is 0 Å². The molecule has 0 N–H and O–H groups in total. The zero-order valence-corrected chi connectivity index (χ0v) is 20.7. The number of rotatable bonds is 7. The summed E-state index contributed by atoms with van der Waals surface area (Å²) >= 11 is 1.49. The van der Waals surface area contributed by atoms with Crippen LogP contribution in [0.1, 0.15) is 75.9 Å². The molecule has 0 atom stereocenters. The van der Waals surface area contributed by atoms with Crippen LogP contribution in [0.5, 0.6) is 0 Å². The maximum atomic E-state index is 13.1. The summed E-state index contributed by atoms with van der Waals surface area (Å²) in [5, 5.41) is 9.09. The highest BCUT2D eigenvalue weighted by Gasteiger charge is 2.27. The standard InChI is InChI=1S/C23H31N5O3S2/c1-2-28-20-12-11-18(33(29,30)27-13-7-4-8-14-27)15-19(20)24-21(28)16-32-23-26-25-22(31-23)17-9-5-3-6-10-17/h11-12,15,17H,2-10,13-14,16H2,1H3. The molecule has 3 aromatic rings. The summed E-state index contributed by atoms with van der Waals surface area (Å²) < 4.78 is 35.9. The first-order valence-corrected chi connectivity index (χ1v) is 14.4. The van der Waals surface area contributed by atoms with Crippen molar-refractivity contribution in [1.82, 2.24) is 24.1 Å². The lowest BCUT2D eigenvalue weighted by Gasteiger charge is -2.25. The van der Waals surface area contributed by atoms with Crippen molar-refractivity contribution in [3.8, 4) is 0 Å². The van der Waals surface area contributed by atoms with Crippen LogP contribution < -0.4 is 0 Å². The van der Waals surface area contributed by atoms with Crippen molar-refractivity contribution in [2.24, 2.45) is 0 Å². The number of hydrogen-bond donors (Lipinski definition) is 0. The van der Waals surface area contributed by atoms with Gasteiger partial charge in [0.25, 0.3) is 5.22 Å². The maximum absolute atomic E-state index is 13.1. The lowest BCUT2D eigenvalue weighted by molar-refractivity contribution is 0.334. The van der Waals surface area contributed by atoms with Gasteiger partial charge in [0.05, 0.1) is 21.7 Å². The molecule has 0 amide bonds. The first kappa shape index (κ1) is 22.9. The fraction of sp³-hybridized carbons (Fsp3) is 0.609. The highest BCUT2D eigenvalue weighted by molar-refractivity contribution is 7.98. The number of aromatic nitrogens is 4. The SMILES string of the molecule is CCn1c(CSc2nnc(C3CCCCC3)o2)nc2cc(S(=O)(=O)N3CCCCC3)ccc21. The number of benzene rings is 1. The Hall–Kier alpha value is -1.91. The quantitative estimate of drug-likeness (QED) is 0.433. The Morgan fingerprint density at radius 1 is 1.06 bits per heavy atom. The third-order valence-electron chi connectivity index (χ3n) is 6.77. The second kappa shape index (κ2) is 9.76. The summed E-state index contributed by atoms with van der Waals surface area (Å²) in [4.78, 5) is 5.11. The van der Waals surface area contributed by atoms with Gasteiger partial charge in [0.1, 0.15) is 5.82 Å². The number of hydrogen-bond acceptors (Lipinski definition) is 7. The Bertz CT molecular complexity index is 1210. The molecule has 178 valence electrons. The Morgan fingerprint density at radius 3 is 2.58 bits per heavy atom. The van der Waals surface area contributed by atoms with Crippen LogP contribution >= 0.6 is 11.8 Å². The zero-order valence-electron chi connectivity index (χ0n) is 19.1. The van der Waals surface area contributed by atoms with Crippen LogP contribution in [0.2, 0.25) is 0 Å². The fourth-order valence-electron chi connectivity index (χ4n) is 4.96. The van der Waals surface area contributed by atoms with Gasteiger partial charge in [0.15, 0.2) is 0 Å². The molecule has 1 aliphatic heterocycles. The number of imidazole rings is 1. The smallest absolute Gasteiger partial charge is 0.277 e. The van der Waals surface area contributed by atoms with Gasteiger partial charge in [0, 0.05) is 25.6 Å². The minimum absolute atomic E-state index is 0.325. The van der Waals surface area contributed by atoms with Crippen molar-refractivity contribution < 1.29 is 12.8 Å². The monoisotopic (exact) mass is 489 g/mol. The molecule has 0 spiro atoms. The van der Waals surface area contributed by atoms with Crippen LogP contribution in [0.15, 0.2) is 32.7 Å². The Kier molecular flexibility index (Phi) is 6.76. The van der Waals surface area contributed by atoms with Gasteiger partial charge in [-0.2, -0.15) is 4.31 Å². The van der Waals surface area contributed by atoms with Gasteiger partial charge >= 0.3 is 0 Å². The molecule has 0 unspecified atom stereocenters. The zero-order chi connectivity index (χ0) is 22.8. The van der Waals surface area contributed by atoms with E-state index in [1.54, 1.807) is 16.4 Å². The minimum Gasteiger partial charge on any atom is -0.416 e. The van der Waals surface area contributed by atoms with E-state index < -0.39 is 10.0 Å². The highest BCUT2D eigenvalue weighted by atomic mass is 32.2. The molecule has 2 aromatic heterocycles. The first-order chi connectivity index (χ1) is 16.1. The molecule has 1 aliphatic carbocycles. The molecule has 10 heteroatoms. The Morgan fingerprint density at radius 2 is 1.82 bits per heavy atom. The van der Waals surface area contributed by atoms with Gasteiger partial charge < -0.3 is 8.98 Å². The van der Waals surface area contributed by atoms with Gasteiger partial charge in [-0.25, -0.2) is 13.4 Å². The average molecular weight is 490 g/mol.